The number of hydrogen-bond donors (Lipinski definition) is 3. The van der Waals surface area contributed by atoms with Crippen LogP contribution in [-0.4, -0.2) is 34.6 Å². The second-order valence-corrected chi connectivity index (χ2v) is 7.53. The zero-order valence-corrected chi connectivity index (χ0v) is 16.4. The van der Waals surface area contributed by atoms with Crippen molar-refractivity contribution in [1.82, 2.24) is 20.3 Å². The second-order valence-electron chi connectivity index (χ2n) is 7.53. The maximum atomic E-state index is 5.80. The zero-order valence-electron chi connectivity index (χ0n) is 16.4. The van der Waals surface area contributed by atoms with Gasteiger partial charge in [-0.25, -0.2) is 4.98 Å². The number of fused-ring (bicyclic) bond motifs is 2. The van der Waals surface area contributed by atoms with Crippen LogP contribution >= 0.6 is 0 Å². The van der Waals surface area contributed by atoms with Crippen LogP contribution in [-0.2, 0) is 12.8 Å². The fraction of sp³-hybridized carbons (Fsp3) is 0.455. The first-order valence-corrected chi connectivity index (χ1v) is 10.2. The number of H-pyrrole nitrogens is 1. The number of aryl methyl sites for hydroxylation is 1. The minimum Gasteiger partial charge on any atom is -0.494 e. The van der Waals surface area contributed by atoms with E-state index < -0.39 is 0 Å². The number of nitrogens with one attached hydrogen (secondary N) is 2. The minimum atomic E-state index is 0.298. The minimum absolute atomic E-state index is 0.298. The summed E-state index contributed by atoms with van der Waals surface area (Å²) in [5, 5.41) is 3.86. The molecule has 4 N–H and O–H groups in total. The average molecular weight is 380 g/mol. The van der Waals surface area contributed by atoms with Gasteiger partial charge in [0.25, 0.3) is 0 Å². The number of aromatic amines is 1. The molecule has 6 heteroatoms. The van der Waals surface area contributed by atoms with Crippen molar-refractivity contribution in [3.63, 3.8) is 0 Å². The molecule has 2 aromatic heterocycles. The fourth-order valence-corrected chi connectivity index (χ4v) is 4.22. The summed E-state index contributed by atoms with van der Waals surface area (Å²) in [6.07, 6.45) is 8.18. The Kier molecular flexibility index (Phi) is 5.88. The number of pyridine rings is 1. The Morgan fingerprint density at radius 1 is 1.32 bits per heavy atom. The molecular weight excluding hydrogens is 350 g/mol. The van der Waals surface area contributed by atoms with E-state index in [0.29, 0.717) is 18.6 Å². The number of para-hydroxylation sites is 1. The Balaban J connectivity index is 1.54. The number of benzene rings is 1. The summed E-state index contributed by atoms with van der Waals surface area (Å²) < 4.78 is 5.45. The number of rotatable bonds is 8. The quantitative estimate of drug-likeness (QED) is 0.559. The van der Waals surface area contributed by atoms with Gasteiger partial charge in [-0.1, -0.05) is 12.1 Å². The van der Waals surface area contributed by atoms with Crippen molar-refractivity contribution < 1.29 is 4.74 Å². The molecule has 0 saturated heterocycles. The van der Waals surface area contributed by atoms with Crippen LogP contribution in [0.2, 0.25) is 0 Å². The van der Waals surface area contributed by atoms with Gasteiger partial charge >= 0.3 is 0 Å². The zero-order chi connectivity index (χ0) is 19.3. The Morgan fingerprint density at radius 2 is 2.25 bits per heavy atom. The van der Waals surface area contributed by atoms with Crippen molar-refractivity contribution in [3.8, 4) is 5.75 Å². The molecule has 1 aromatic carbocycles. The first kappa shape index (κ1) is 18.9. The summed E-state index contributed by atoms with van der Waals surface area (Å²) in [5.41, 5.74) is 10.3. The van der Waals surface area contributed by atoms with Crippen LogP contribution < -0.4 is 15.8 Å². The van der Waals surface area contributed by atoms with E-state index in [0.717, 1.165) is 54.7 Å². The van der Waals surface area contributed by atoms with Gasteiger partial charge in [-0.05, 0) is 62.4 Å². The van der Waals surface area contributed by atoms with Gasteiger partial charge in [0.15, 0.2) is 0 Å². The topological polar surface area (TPSA) is 88.9 Å². The predicted octanol–water partition coefficient (Wildman–Crippen LogP) is 3.28. The average Bonchev–Trinajstić information content (AvgIpc) is 3.14. The van der Waals surface area contributed by atoms with Crippen molar-refractivity contribution in [1.29, 1.82) is 0 Å². The number of ether oxygens (including phenoxy) is 1. The van der Waals surface area contributed by atoms with Gasteiger partial charge in [0.2, 0.25) is 0 Å². The lowest BCUT2D eigenvalue weighted by Crippen LogP contribution is -2.37. The van der Waals surface area contributed by atoms with E-state index in [1.165, 1.54) is 17.7 Å². The normalized spacial score (nSPS) is 17.4. The second kappa shape index (κ2) is 8.71. The predicted molar refractivity (Wildman–Crippen MR) is 111 cm³/mol. The van der Waals surface area contributed by atoms with Gasteiger partial charge in [0.1, 0.15) is 17.1 Å². The van der Waals surface area contributed by atoms with E-state index in [4.69, 9.17) is 15.5 Å². The monoisotopic (exact) mass is 379 g/mol. The molecule has 0 bridgehead atoms. The summed E-state index contributed by atoms with van der Waals surface area (Å²) in [7, 11) is 1.68. The SMILES string of the molecule is COc1cccc2[nH]c(CC(CCCN)NC3CCCc4cccnc43)nc12. The number of nitrogens with zero attached hydrogens (tertiary/aromatic N) is 2. The third-order valence-electron chi connectivity index (χ3n) is 5.57. The number of methoxy groups -OCH3 is 1. The standard InChI is InChI=1S/C22H29N5O/c1-28-19-11-3-10-18-22(19)27-20(26-18)14-16(8-4-12-23)25-17-9-2-6-15-7-5-13-24-21(15)17/h3,5,7,10-11,13,16-17,25H,2,4,6,8-9,12,14,23H2,1H3,(H,26,27). The molecule has 0 fully saturated rings. The van der Waals surface area contributed by atoms with Crippen molar-refractivity contribution in [3.05, 3.63) is 53.6 Å². The molecule has 2 atom stereocenters. The Hall–Kier alpha value is -2.44. The molecule has 3 aromatic rings. The lowest BCUT2D eigenvalue weighted by molar-refractivity contribution is 0.363. The first-order valence-electron chi connectivity index (χ1n) is 10.2. The van der Waals surface area contributed by atoms with Gasteiger partial charge in [-0.15, -0.1) is 0 Å². The highest BCUT2D eigenvalue weighted by molar-refractivity contribution is 5.81. The highest BCUT2D eigenvalue weighted by Gasteiger charge is 2.24. The van der Waals surface area contributed by atoms with Crippen LogP contribution in [0.3, 0.4) is 0 Å². The molecule has 0 spiro atoms. The molecule has 1 aliphatic carbocycles. The summed E-state index contributed by atoms with van der Waals surface area (Å²) in [6.45, 7) is 0.700. The van der Waals surface area contributed by atoms with Crippen molar-refractivity contribution >= 4 is 11.0 Å². The third kappa shape index (κ3) is 4.03. The number of nitrogens with two attached hydrogens (primary N) is 1. The summed E-state index contributed by atoms with van der Waals surface area (Å²) in [6, 6.07) is 10.8. The van der Waals surface area contributed by atoms with E-state index in [-0.39, 0.29) is 0 Å². The molecule has 2 heterocycles. The van der Waals surface area contributed by atoms with Crippen LogP contribution in [0.15, 0.2) is 36.5 Å². The molecule has 0 radical (unpaired) electrons. The molecular formula is C22H29N5O. The third-order valence-corrected chi connectivity index (χ3v) is 5.57. The molecule has 6 nitrogen and oxygen atoms in total. The lowest BCUT2D eigenvalue weighted by atomic mass is 9.91. The molecule has 1 aliphatic rings. The molecule has 28 heavy (non-hydrogen) atoms. The van der Waals surface area contributed by atoms with E-state index in [1.807, 2.05) is 30.5 Å². The number of hydrogen-bond acceptors (Lipinski definition) is 5. The Labute approximate surface area is 165 Å². The van der Waals surface area contributed by atoms with Crippen LogP contribution in [0.25, 0.3) is 11.0 Å². The van der Waals surface area contributed by atoms with Crippen LogP contribution in [0, 0.1) is 0 Å². The van der Waals surface area contributed by atoms with Crippen LogP contribution in [0.4, 0.5) is 0 Å². The largest absolute Gasteiger partial charge is 0.494 e. The Bertz CT molecular complexity index is 922. The maximum Gasteiger partial charge on any atom is 0.146 e. The number of aromatic nitrogens is 3. The number of imidazole rings is 1. The molecule has 2 unspecified atom stereocenters. The van der Waals surface area contributed by atoms with Crippen molar-refractivity contribution in [2.45, 2.75) is 50.6 Å². The molecule has 0 amide bonds. The first-order chi connectivity index (χ1) is 13.8. The van der Waals surface area contributed by atoms with E-state index in [2.05, 4.69) is 21.4 Å². The Morgan fingerprint density at radius 3 is 3.11 bits per heavy atom. The van der Waals surface area contributed by atoms with E-state index >= 15 is 0 Å². The highest BCUT2D eigenvalue weighted by Crippen LogP contribution is 2.29. The van der Waals surface area contributed by atoms with Gasteiger partial charge in [-0.3, -0.25) is 4.98 Å². The van der Waals surface area contributed by atoms with Crippen molar-refractivity contribution in [2.24, 2.45) is 5.73 Å². The molecule has 0 aliphatic heterocycles. The van der Waals surface area contributed by atoms with Gasteiger partial charge in [0, 0.05) is 24.7 Å². The smallest absolute Gasteiger partial charge is 0.146 e. The van der Waals surface area contributed by atoms with Crippen LogP contribution in [0.5, 0.6) is 5.75 Å². The molecule has 4 rings (SSSR count). The van der Waals surface area contributed by atoms with E-state index in [9.17, 15) is 0 Å². The van der Waals surface area contributed by atoms with Crippen LogP contribution in [0.1, 0.15) is 48.8 Å². The lowest BCUT2D eigenvalue weighted by Gasteiger charge is -2.29. The van der Waals surface area contributed by atoms with E-state index in [1.54, 1.807) is 7.11 Å². The summed E-state index contributed by atoms with van der Waals surface area (Å²) >= 11 is 0. The van der Waals surface area contributed by atoms with Gasteiger partial charge in [-0.2, -0.15) is 0 Å². The maximum absolute atomic E-state index is 5.80. The highest BCUT2D eigenvalue weighted by atomic mass is 16.5. The molecule has 0 saturated carbocycles. The van der Waals surface area contributed by atoms with Gasteiger partial charge < -0.3 is 20.8 Å². The molecule has 148 valence electrons. The fourth-order valence-electron chi connectivity index (χ4n) is 4.22. The summed E-state index contributed by atoms with van der Waals surface area (Å²) in [5.74, 6) is 1.78. The summed E-state index contributed by atoms with van der Waals surface area (Å²) in [4.78, 5) is 12.9. The van der Waals surface area contributed by atoms with Crippen molar-refractivity contribution in [2.75, 3.05) is 13.7 Å². The van der Waals surface area contributed by atoms with Gasteiger partial charge in [0.05, 0.1) is 18.3 Å².